The number of carbonyl (C=O) groups is 1. The standard InChI is InChI=1S/C19H18N4O2/c24-16-8-14(9-16)18(23-19(25)13-5-6-21-22-11-13)15-7-12-3-1-2-4-17(12)20-10-15/h1-7,10-11,14,16,18,24H,8-9H2,(H,23,25)/t14?,16?,18-/m1/s1. The smallest absolute Gasteiger partial charge is 0.253 e. The van der Waals surface area contributed by atoms with E-state index in [0.717, 1.165) is 16.5 Å². The van der Waals surface area contributed by atoms with Crippen LogP contribution in [0.1, 0.15) is 34.8 Å². The maximum absolute atomic E-state index is 12.6. The molecule has 4 rings (SSSR count). The molecule has 6 heteroatoms. The number of benzene rings is 1. The predicted octanol–water partition coefficient (Wildman–Crippen LogP) is 2.27. The number of nitrogens with one attached hydrogen (secondary N) is 1. The number of para-hydroxylation sites is 1. The van der Waals surface area contributed by atoms with Gasteiger partial charge in [0.2, 0.25) is 0 Å². The van der Waals surface area contributed by atoms with Crippen LogP contribution in [0.25, 0.3) is 10.9 Å². The summed E-state index contributed by atoms with van der Waals surface area (Å²) in [5, 5.41) is 21.3. The summed E-state index contributed by atoms with van der Waals surface area (Å²) in [4.78, 5) is 17.1. The quantitative estimate of drug-likeness (QED) is 0.764. The Morgan fingerprint density at radius 3 is 2.76 bits per heavy atom. The molecule has 1 fully saturated rings. The first-order valence-electron chi connectivity index (χ1n) is 8.31. The number of fused-ring (bicyclic) bond motifs is 1. The van der Waals surface area contributed by atoms with Crippen molar-refractivity contribution in [2.45, 2.75) is 25.0 Å². The maximum Gasteiger partial charge on any atom is 0.253 e. The van der Waals surface area contributed by atoms with E-state index in [0.29, 0.717) is 18.4 Å². The Balaban J connectivity index is 1.64. The topological polar surface area (TPSA) is 88.0 Å². The molecule has 0 spiro atoms. The molecule has 6 nitrogen and oxygen atoms in total. The zero-order chi connectivity index (χ0) is 17.2. The van der Waals surface area contributed by atoms with E-state index in [2.05, 4.69) is 26.6 Å². The van der Waals surface area contributed by atoms with Gasteiger partial charge in [0.25, 0.3) is 5.91 Å². The Morgan fingerprint density at radius 1 is 1.16 bits per heavy atom. The van der Waals surface area contributed by atoms with Gasteiger partial charge in [-0.15, -0.1) is 0 Å². The molecule has 0 unspecified atom stereocenters. The van der Waals surface area contributed by atoms with Crippen molar-refractivity contribution in [3.8, 4) is 0 Å². The minimum atomic E-state index is -0.291. The second kappa shape index (κ2) is 6.57. The highest BCUT2D eigenvalue weighted by molar-refractivity contribution is 5.94. The molecule has 0 aliphatic heterocycles. The van der Waals surface area contributed by atoms with Crippen molar-refractivity contribution in [3.05, 3.63) is 66.1 Å². The van der Waals surface area contributed by atoms with E-state index in [-0.39, 0.29) is 24.0 Å². The number of aliphatic hydroxyl groups excluding tert-OH is 1. The van der Waals surface area contributed by atoms with Crippen molar-refractivity contribution >= 4 is 16.8 Å². The molecule has 126 valence electrons. The maximum atomic E-state index is 12.6. The summed E-state index contributed by atoms with van der Waals surface area (Å²) < 4.78 is 0. The molecule has 1 aliphatic carbocycles. The number of amides is 1. The number of hydrogen-bond donors (Lipinski definition) is 2. The SMILES string of the molecule is O=C(N[C@@H](c1cnc2ccccc2c1)C1CC(O)C1)c1ccnnc1. The van der Waals surface area contributed by atoms with Gasteiger partial charge >= 0.3 is 0 Å². The van der Waals surface area contributed by atoms with Gasteiger partial charge in [0, 0.05) is 11.6 Å². The molecule has 1 saturated carbocycles. The zero-order valence-electron chi connectivity index (χ0n) is 13.5. The van der Waals surface area contributed by atoms with Crippen molar-refractivity contribution in [2.75, 3.05) is 0 Å². The highest BCUT2D eigenvalue weighted by Gasteiger charge is 2.36. The normalized spacial score (nSPS) is 20.7. The number of aromatic nitrogens is 3. The Labute approximate surface area is 144 Å². The lowest BCUT2D eigenvalue weighted by Crippen LogP contribution is -2.41. The first-order chi connectivity index (χ1) is 12.2. The molecule has 1 amide bonds. The van der Waals surface area contributed by atoms with Crippen LogP contribution in [0.15, 0.2) is 55.0 Å². The first kappa shape index (κ1) is 15.7. The van der Waals surface area contributed by atoms with E-state index in [4.69, 9.17) is 0 Å². The fourth-order valence-corrected chi connectivity index (χ4v) is 3.28. The Morgan fingerprint density at radius 2 is 2.00 bits per heavy atom. The largest absolute Gasteiger partial charge is 0.393 e. The molecule has 2 N–H and O–H groups in total. The lowest BCUT2D eigenvalue weighted by Gasteiger charge is -2.38. The molecule has 2 aromatic heterocycles. The van der Waals surface area contributed by atoms with Crippen LogP contribution in [0.3, 0.4) is 0 Å². The van der Waals surface area contributed by atoms with Gasteiger partial charge in [-0.2, -0.15) is 10.2 Å². The van der Waals surface area contributed by atoms with Gasteiger partial charge in [-0.3, -0.25) is 9.78 Å². The van der Waals surface area contributed by atoms with Crippen LogP contribution in [0.4, 0.5) is 0 Å². The summed E-state index contributed by atoms with van der Waals surface area (Å²) in [6, 6.07) is 11.4. The lowest BCUT2D eigenvalue weighted by atomic mass is 9.75. The van der Waals surface area contributed by atoms with Crippen molar-refractivity contribution in [1.29, 1.82) is 0 Å². The van der Waals surface area contributed by atoms with Crippen LogP contribution in [-0.2, 0) is 0 Å². The minimum Gasteiger partial charge on any atom is -0.393 e. The van der Waals surface area contributed by atoms with Crippen LogP contribution in [-0.4, -0.2) is 32.3 Å². The Bertz CT molecular complexity index is 894. The molecular formula is C19H18N4O2. The Kier molecular flexibility index (Phi) is 4.11. The Hall–Kier alpha value is -2.86. The molecule has 1 aliphatic rings. The fraction of sp³-hybridized carbons (Fsp3) is 0.263. The van der Waals surface area contributed by atoms with Crippen molar-refractivity contribution in [2.24, 2.45) is 5.92 Å². The lowest BCUT2D eigenvalue weighted by molar-refractivity contribution is 0.0235. The highest BCUT2D eigenvalue weighted by Crippen LogP contribution is 2.38. The molecule has 0 bridgehead atoms. The third-order valence-electron chi connectivity index (χ3n) is 4.72. The number of pyridine rings is 1. The van der Waals surface area contributed by atoms with E-state index >= 15 is 0 Å². The van der Waals surface area contributed by atoms with E-state index in [1.165, 1.54) is 12.4 Å². The van der Waals surface area contributed by atoms with Crippen molar-refractivity contribution in [3.63, 3.8) is 0 Å². The van der Waals surface area contributed by atoms with Crippen LogP contribution >= 0.6 is 0 Å². The third kappa shape index (κ3) is 3.21. The molecular weight excluding hydrogens is 316 g/mol. The molecule has 0 radical (unpaired) electrons. The fourth-order valence-electron chi connectivity index (χ4n) is 3.28. The molecule has 3 aromatic rings. The van der Waals surface area contributed by atoms with Crippen LogP contribution in [0.2, 0.25) is 0 Å². The minimum absolute atomic E-state index is 0.191. The second-order valence-corrected chi connectivity index (χ2v) is 6.43. The van der Waals surface area contributed by atoms with Gasteiger partial charge in [-0.1, -0.05) is 18.2 Å². The van der Waals surface area contributed by atoms with Gasteiger partial charge < -0.3 is 10.4 Å². The molecule has 1 atom stereocenters. The first-order valence-corrected chi connectivity index (χ1v) is 8.31. The van der Waals surface area contributed by atoms with Gasteiger partial charge in [-0.25, -0.2) is 0 Å². The number of hydrogen-bond acceptors (Lipinski definition) is 5. The summed E-state index contributed by atoms with van der Waals surface area (Å²) in [6.45, 7) is 0. The molecule has 0 saturated heterocycles. The predicted molar refractivity (Wildman–Crippen MR) is 92.7 cm³/mol. The van der Waals surface area contributed by atoms with E-state index < -0.39 is 0 Å². The van der Waals surface area contributed by atoms with Gasteiger partial charge in [0.15, 0.2) is 0 Å². The molecule has 1 aromatic carbocycles. The average Bonchev–Trinajstić information content (AvgIpc) is 2.64. The van der Waals surface area contributed by atoms with Crippen LogP contribution in [0, 0.1) is 5.92 Å². The van der Waals surface area contributed by atoms with E-state index in [1.54, 1.807) is 6.07 Å². The molecule has 25 heavy (non-hydrogen) atoms. The van der Waals surface area contributed by atoms with Gasteiger partial charge in [0.05, 0.1) is 35.6 Å². The average molecular weight is 334 g/mol. The third-order valence-corrected chi connectivity index (χ3v) is 4.72. The van der Waals surface area contributed by atoms with Gasteiger partial charge in [0.1, 0.15) is 0 Å². The molecule has 2 heterocycles. The second-order valence-electron chi connectivity index (χ2n) is 6.43. The number of nitrogens with zero attached hydrogens (tertiary/aromatic N) is 3. The van der Waals surface area contributed by atoms with Crippen LogP contribution in [0.5, 0.6) is 0 Å². The van der Waals surface area contributed by atoms with Crippen LogP contribution < -0.4 is 5.32 Å². The van der Waals surface area contributed by atoms with Crippen molar-refractivity contribution < 1.29 is 9.90 Å². The summed E-state index contributed by atoms with van der Waals surface area (Å²) >= 11 is 0. The summed E-state index contributed by atoms with van der Waals surface area (Å²) in [5.41, 5.74) is 2.34. The summed E-state index contributed by atoms with van der Waals surface area (Å²) in [7, 11) is 0. The van der Waals surface area contributed by atoms with E-state index in [1.807, 2.05) is 30.5 Å². The number of rotatable bonds is 4. The zero-order valence-corrected chi connectivity index (χ0v) is 13.5. The summed E-state index contributed by atoms with van der Waals surface area (Å²) in [6.07, 6.45) is 5.80. The van der Waals surface area contributed by atoms with Gasteiger partial charge in [-0.05, 0) is 42.5 Å². The highest BCUT2D eigenvalue weighted by atomic mass is 16.3. The monoisotopic (exact) mass is 334 g/mol. The van der Waals surface area contributed by atoms with Crippen molar-refractivity contribution in [1.82, 2.24) is 20.5 Å². The van der Waals surface area contributed by atoms with E-state index in [9.17, 15) is 9.90 Å². The summed E-state index contributed by atoms with van der Waals surface area (Å²) in [5.74, 6) is -0.00819. The number of aliphatic hydroxyl groups is 1. The number of carbonyl (C=O) groups excluding carboxylic acids is 1.